The summed E-state index contributed by atoms with van der Waals surface area (Å²) in [5.74, 6) is -0.147. The van der Waals surface area contributed by atoms with Crippen molar-refractivity contribution >= 4 is 25.8 Å². The van der Waals surface area contributed by atoms with E-state index in [9.17, 15) is 21.6 Å². The van der Waals surface area contributed by atoms with E-state index >= 15 is 0 Å². The molecule has 2 rings (SSSR count). The Morgan fingerprint density at radius 2 is 1.28 bits per heavy atom. The van der Waals surface area contributed by atoms with Crippen molar-refractivity contribution in [1.29, 1.82) is 0 Å². The van der Waals surface area contributed by atoms with Gasteiger partial charge in [-0.05, 0) is 36.8 Å². The Morgan fingerprint density at radius 1 is 0.828 bits per heavy atom. The smallest absolute Gasteiger partial charge is 0.242 e. The topological polar surface area (TPSA) is 112 Å². The molecule has 0 saturated heterocycles. The van der Waals surface area contributed by atoms with Gasteiger partial charge in [0.15, 0.2) is 5.78 Å². The maximum absolute atomic E-state index is 11.7. The summed E-state index contributed by atoms with van der Waals surface area (Å²) in [6, 6.07) is 12.3. The predicted molar refractivity (Wildman–Crippen MR) is 111 cm³/mol. The summed E-state index contributed by atoms with van der Waals surface area (Å²) in [6.07, 6.45) is 0. The number of aliphatic hydroxyl groups excluding tert-OH is 1. The lowest BCUT2D eigenvalue weighted by atomic mass is 10.2. The number of aliphatic hydroxyl groups is 1. The first-order valence-corrected chi connectivity index (χ1v) is 11.4. The molecular formula is C19H26N2O6S2. The maximum Gasteiger partial charge on any atom is 0.242 e. The second-order valence-corrected chi connectivity index (χ2v) is 10.8. The van der Waals surface area contributed by atoms with Gasteiger partial charge < -0.3 is 5.11 Å². The SMILES string of the molecule is CC(=O)c1cccc(S(=O)(=O)N(C)C)c1.CN(C)S(=O)(=O)c1cccc(CO)c1. The molecule has 0 spiro atoms. The average molecular weight is 443 g/mol. The Labute approximate surface area is 172 Å². The molecule has 2 aromatic rings. The van der Waals surface area contributed by atoms with E-state index in [1.54, 1.807) is 24.3 Å². The molecule has 1 N–H and O–H groups in total. The highest BCUT2D eigenvalue weighted by Crippen LogP contribution is 2.15. The molecule has 0 aromatic heterocycles. The summed E-state index contributed by atoms with van der Waals surface area (Å²) in [5, 5.41) is 8.86. The maximum atomic E-state index is 11.7. The number of Topliss-reactive ketones (excluding diaryl/α,β-unsaturated/α-hetero) is 1. The Kier molecular flexibility index (Phi) is 8.66. The first-order chi connectivity index (χ1) is 13.3. The number of hydrogen-bond donors (Lipinski definition) is 1. The molecule has 0 aliphatic carbocycles. The lowest BCUT2D eigenvalue weighted by molar-refractivity contribution is 0.101. The minimum Gasteiger partial charge on any atom is -0.392 e. The van der Waals surface area contributed by atoms with E-state index in [1.165, 1.54) is 59.4 Å². The zero-order valence-electron chi connectivity index (χ0n) is 17.0. The molecule has 10 heteroatoms. The molecule has 8 nitrogen and oxygen atoms in total. The zero-order chi connectivity index (χ0) is 22.4. The van der Waals surface area contributed by atoms with Crippen molar-refractivity contribution < 1.29 is 26.7 Å². The van der Waals surface area contributed by atoms with Crippen molar-refractivity contribution in [2.45, 2.75) is 23.3 Å². The summed E-state index contributed by atoms with van der Waals surface area (Å²) in [6.45, 7) is 1.25. The van der Waals surface area contributed by atoms with Crippen LogP contribution in [0.15, 0.2) is 58.3 Å². The summed E-state index contributed by atoms with van der Waals surface area (Å²) in [7, 11) is -0.984. The fourth-order valence-corrected chi connectivity index (χ4v) is 4.02. The third kappa shape index (κ3) is 6.44. The quantitative estimate of drug-likeness (QED) is 0.680. The molecule has 0 atom stereocenters. The van der Waals surface area contributed by atoms with Crippen LogP contribution < -0.4 is 0 Å². The van der Waals surface area contributed by atoms with Crippen LogP contribution in [0.3, 0.4) is 0 Å². The Balaban J connectivity index is 0.000000291. The number of rotatable bonds is 6. The van der Waals surface area contributed by atoms with Gasteiger partial charge in [0, 0.05) is 33.8 Å². The summed E-state index contributed by atoms with van der Waals surface area (Å²) >= 11 is 0. The second kappa shape index (κ2) is 10.1. The van der Waals surface area contributed by atoms with E-state index in [4.69, 9.17) is 5.11 Å². The highest BCUT2D eigenvalue weighted by molar-refractivity contribution is 7.89. The Hall–Kier alpha value is -2.11. The minimum atomic E-state index is -3.45. The van der Waals surface area contributed by atoms with Crippen molar-refractivity contribution in [3.8, 4) is 0 Å². The van der Waals surface area contributed by atoms with Gasteiger partial charge in [-0.15, -0.1) is 0 Å². The average Bonchev–Trinajstić information content (AvgIpc) is 2.68. The van der Waals surface area contributed by atoms with Gasteiger partial charge in [0.2, 0.25) is 20.0 Å². The highest BCUT2D eigenvalue weighted by atomic mass is 32.2. The number of nitrogens with zero attached hydrogens (tertiary/aromatic N) is 2. The van der Waals surface area contributed by atoms with E-state index in [-0.39, 0.29) is 22.2 Å². The molecule has 0 fully saturated rings. The van der Waals surface area contributed by atoms with Gasteiger partial charge in [-0.2, -0.15) is 0 Å². The standard InChI is InChI=1S/C10H13NO3S.C9H13NO3S/c1-8(12)9-5-4-6-10(7-9)15(13,14)11(2)3;1-10(2)14(12,13)9-5-3-4-8(6-9)7-11/h4-7H,1-3H3;3-6,11H,7H2,1-2H3. The predicted octanol–water partition coefficient (Wildman–Crippen LogP) is 1.57. The van der Waals surface area contributed by atoms with E-state index in [1.807, 2.05) is 0 Å². The van der Waals surface area contributed by atoms with Crippen LogP contribution in [0.1, 0.15) is 22.8 Å². The molecular weight excluding hydrogens is 416 g/mol. The Bertz CT molecular complexity index is 1060. The molecule has 160 valence electrons. The van der Waals surface area contributed by atoms with Gasteiger partial charge in [-0.1, -0.05) is 24.3 Å². The van der Waals surface area contributed by atoms with Crippen LogP contribution >= 0.6 is 0 Å². The Morgan fingerprint density at radius 3 is 1.69 bits per heavy atom. The zero-order valence-corrected chi connectivity index (χ0v) is 18.7. The number of benzene rings is 2. The molecule has 0 aliphatic heterocycles. The summed E-state index contributed by atoms with van der Waals surface area (Å²) in [5.41, 5.74) is 0.992. The summed E-state index contributed by atoms with van der Waals surface area (Å²) < 4.78 is 49.0. The van der Waals surface area contributed by atoms with Gasteiger partial charge in [0.1, 0.15) is 0 Å². The number of hydrogen-bond acceptors (Lipinski definition) is 6. The van der Waals surface area contributed by atoms with Gasteiger partial charge in [-0.25, -0.2) is 25.4 Å². The molecule has 29 heavy (non-hydrogen) atoms. The van der Waals surface area contributed by atoms with E-state index in [0.717, 1.165) is 8.61 Å². The van der Waals surface area contributed by atoms with Crippen molar-refractivity contribution in [2.24, 2.45) is 0 Å². The van der Waals surface area contributed by atoms with Crippen LogP contribution in [0.5, 0.6) is 0 Å². The lowest BCUT2D eigenvalue weighted by Crippen LogP contribution is -2.22. The van der Waals surface area contributed by atoms with Gasteiger partial charge in [0.25, 0.3) is 0 Å². The number of sulfonamides is 2. The molecule has 0 aliphatic rings. The molecule has 2 aromatic carbocycles. The number of ketones is 1. The molecule has 0 unspecified atom stereocenters. The van der Waals surface area contributed by atoms with Crippen LogP contribution in [0.25, 0.3) is 0 Å². The van der Waals surface area contributed by atoms with Crippen molar-refractivity contribution in [2.75, 3.05) is 28.2 Å². The monoisotopic (exact) mass is 442 g/mol. The largest absolute Gasteiger partial charge is 0.392 e. The summed E-state index contributed by atoms with van der Waals surface area (Å²) in [4.78, 5) is 11.4. The van der Waals surface area contributed by atoms with Crippen molar-refractivity contribution in [1.82, 2.24) is 8.61 Å². The van der Waals surface area contributed by atoms with Crippen LogP contribution in [-0.2, 0) is 26.7 Å². The third-order valence-electron chi connectivity index (χ3n) is 3.88. The van der Waals surface area contributed by atoms with Gasteiger partial charge in [-0.3, -0.25) is 4.79 Å². The van der Waals surface area contributed by atoms with Gasteiger partial charge >= 0.3 is 0 Å². The van der Waals surface area contributed by atoms with Crippen molar-refractivity contribution in [3.63, 3.8) is 0 Å². The van der Waals surface area contributed by atoms with Crippen LogP contribution in [-0.4, -0.2) is 64.5 Å². The van der Waals surface area contributed by atoms with E-state index in [0.29, 0.717) is 11.1 Å². The molecule has 0 radical (unpaired) electrons. The number of carbonyl (C=O) groups is 1. The van der Waals surface area contributed by atoms with Crippen LogP contribution in [0.2, 0.25) is 0 Å². The van der Waals surface area contributed by atoms with E-state index in [2.05, 4.69) is 0 Å². The van der Waals surface area contributed by atoms with Crippen LogP contribution in [0.4, 0.5) is 0 Å². The van der Waals surface area contributed by atoms with Gasteiger partial charge in [0.05, 0.1) is 16.4 Å². The molecule has 0 bridgehead atoms. The first kappa shape index (κ1) is 24.9. The van der Waals surface area contributed by atoms with Crippen LogP contribution in [0, 0.1) is 0 Å². The van der Waals surface area contributed by atoms with Crippen molar-refractivity contribution in [3.05, 3.63) is 59.7 Å². The minimum absolute atomic E-state index is 0.139. The normalized spacial score (nSPS) is 11.9. The fraction of sp³-hybridized carbons (Fsp3) is 0.316. The molecule has 0 heterocycles. The first-order valence-electron chi connectivity index (χ1n) is 8.50. The fourth-order valence-electron chi connectivity index (χ4n) is 2.10. The third-order valence-corrected chi connectivity index (χ3v) is 7.50. The second-order valence-electron chi connectivity index (χ2n) is 6.46. The molecule has 0 amide bonds. The van der Waals surface area contributed by atoms with E-state index < -0.39 is 20.0 Å². The highest BCUT2D eigenvalue weighted by Gasteiger charge is 2.18. The number of carbonyl (C=O) groups excluding carboxylic acids is 1. The molecule has 0 saturated carbocycles. The lowest BCUT2D eigenvalue weighted by Gasteiger charge is -2.11.